The van der Waals surface area contributed by atoms with Gasteiger partial charge in [-0.25, -0.2) is 15.0 Å². The molecule has 0 spiro atoms. The molecule has 4 aromatic heterocycles. The minimum atomic E-state index is 0.529. The highest BCUT2D eigenvalue weighted by Crippen LogP contribution is 2.28. The van der Waals surface area contributed by atoms with Crippen molar-refractivity contribution in [3.8, 4) is 39.9 Å². The van der Waals surface area contributed by atoms with E-state index in [0.29, 0.717) is 17.3 Å². The molecule has 0 bridgehead atoms. The number of H-pyrrole nitrogens is 1. The number of anilines is 2. The monoisotopic (exact) mass is 471 g/mol. The van der Waals surface area contributed by atoms with Gasteiger partial charge in [-0.05, 0) is 48.5 Å². The van der Waals surface area contributed by atoms with Gasteiger partial charge in [-0.1, -0.05) is 18.2 Å². The summed E-state index contributed by atoms with van der Waals surface area (Å²) in [4.78, 5) is 26.3. The van der Waals surface area contributed by atoms with E-state index in [4.69, 9.17) is 19.7 Å². The number of hydrogen-bond donors (Lipinski definition) is 2. The molecule has 2 N–H and O–H groups in total. The zero-order valence-electron chi connectivity index (χ0n) is 19.4. The third-order valence-electron chi connectivity index (χ3n) is 5.67. The van der Waals surface area contributed by atoms with Gasteiger partial charge in [0.1, 0.15) is 23.1 Å². The van der Waals surface area contributed by atoms with Crippen molar-refractivity contribution in [1.29, 1.82) is 0 Å². The van der Waals surface area contributed by atoms with E-state index in [0.717, 1.165) is 45.1 Å². The van der Waals surface area contributed by atoms with Crippen LogP contribution in [0.15, 0.2) is 97.5 Å². The normalized spacial score (nSPS) is 10.9. The zero-order valence-corrected chi connectivity index (χ0v) is 19.4. The SMILES string of the molecule is COc1ccc2nc(-c3cccc(Nc4cc(-c5cccnc5)nc(-c5ccccn5)n4)c3)[nH]c2c1. The van der Waals surface area contributed by atoms with Crippen LogP contribution in [0.1, 0.15) is 0 Å². The summed E-state index contributed by atoms with van der Waals surface area (Å²) in [5.74, 6) is 2.73. The van der Waals surface area contributed by atoms with E-state index in [9.17, 15) is 0 Å². The molecule has 8 heteroatoms. The van der Waals surface area contributed by atoms with Crippen LogP contribution in [0.4, 0.5) is 11.5 Å². The largest absolute Gasteiger partial charge is 0.497 e. The number of nitrogens with one attached hydrogen (secondary N) is 2. The van der Waals surface area contributed by atoms with Gasteiger partial charge in [0.25, 0.3) is 0 Å². The van der Waals surface area contributed by atoms with E-state index in [-0.39, 0.29) is 0 Å². The quantitative estimate of drug-likeness (QED) is 0.312. The maximum atomic E-state index is 5.33. The van der Waals surface area contributed by atoms with Crippen molar-refractivity contribution in [1.82, 2.24) is 29.9 Å². The van der Waals surface area contributed by atoms with Crippen LogP contribution >= 0.6 is 0 Å². The molecule has 8 nitrogen and oxygen atoms in total. The summed E-state index contributed by atoms with van der Waals surface area (Å²) in [6.07, 6.45) is 5.25. The van der Waals surface area contributed by atoms with Crippen LogP contribution in [0, 0.1) is 0 Å². The Morgan fingerprint density at radius 1 is 0.778 bits per heavy atom. The highest BCUT2D eigenvalue weighted by atomic mass is 16.5. The first-order chi connectivity index (χ1) is 17.7. The number of benzene rings is 2. The van der Waals surface area contributed by atoms with Crippen molar-refractivity contribution in [3.05, 3.63) is 97.5 Å². The third-order valence-corrected chi connectivity index (χ3v) is 5.67. The van der Waals surface area contributed by atoms with Crippen LogP contribution in [-0.4, -0.2) is 37.0 Å². The third kappa shape index (κ3) is 4.35. The molecule has 0 unspecified atom stereocenters. The Bertz CT molecular complexity index is 1590. The predicted molar refractivity (Wildman–Crippen MR) is 140 cm³/mol. The molecule has 36 heavy (non-hydrogen) atoms. The van der Waals surface area contributed by atoms with Crippen molar-refractivity contribution >= 4 is 22.5 Å². The molecule has 0 fully saturated rings. The molecule has 6 aromatic rings. The van der Waals surface area contributed by atoms with Gasteiger partial charge >= 0.3 is 0 Å². The first-order valence-electron chi connectivity index (χ1n) is 11.4. The van der Waals surface area contributed by atoms with E-state index < -0.39 is 0 Å². The number of fused-ring (bicyclic) bond motifs is 1. The number of aromatic amines is 1. The van der Waals surface area contributed by atoms with Crippen LogP contribution in [0.5, 0.6) is 5.75 Å². The zero-order chi connectivity index (χ0) is 24.3. The number of hydrogen-bond acceptors (Lipinski definition) is 7. The lowest BCUT2D eigenvalue weighted by Crippen LogP contribution is -2.00. The van der Waals surface area contributed by atoms with Crippen LogP contribution in [0.3, 0.4) is 0 Å². The fraction of sp³-hybridized carbons (Fsp3) is 0.0357. The molecule has 0 amide bonds. The first kappa shape index (κ1) is 21.4. The number of imidazole rings is 1. The summed E-state index contributed by atoms with van der Waals surface area (Å²) in [6, 6.07) is 25.2. The van der Waals surface area contributed by atoms with E-state index in [1.54, 1.807) is 25.7 Å². The summed E-state index contributed by atoms with van der Waals surface area (Å²) in [5.41, 5.74) is 5.95. The molecule has 6 rings (SSSR count). The predicted octanol–water partition coefficient (Wildman–Crippen LogP) is 5.90. The fourth-order valence-electron chi connectivity index (χ4n) is 3.93. The van der Waals surface area contributed by atoms with Gasteiger partial charge in [0.15, 0.2) is 5.82 Å². The lowest BCUT2D eigenvalue weighted by atomic mass is 10.1. The second-order valence-electron chi connectivity index (χ2n) is 8.09. The highest BCUT2D eigenvalue weighted by Gasteiger charge is 2.12. The van der Waals surface area contributed by atoms with Gasteiger partial charge in [0.05, 0.1) is 23.8 Å². The van der Waals surface area contributed by atoms with E-state index >= 15 is 0 Å². The number of methoxy groups -OCH3 is 1. The van der Waals surface area contributed by atoms with Crippen molar-refractivity contribution in [2.45, 2.75) is 0 Å². The first-order valence-corrected chi connectivity index (χ1v) is 11.4. The topological polar surface area (TPSA) is 102 Å². The lowest BCUT2D eigenvalue weighted by Gasteiger charge is -2.11. The van der Waals surface area contributed by atoms with Crippen molar-refractivity contribution in [3.63, 3.8) is 0 Å². The number of aromatic nitrogens is 6. The highest BCUT2D eigenvalue weighted by molar-refractivity contribution is 5.81. The summed E-state index contributed by atoms with van der Waals surface area (Å²) >= 11 is 0. The van der Waals surface area contributed by atoms with Crippen LogP contribution in [0.25, 0.3) is 45.2 Å². The minimum Gasteiger partial charge on any atom is -0.497 e. The van der Waals surface area contributed by atoms with Crippen LogP contribution in [0.2, 0.25) is 0 Å². The molecule has 2 aromatic carbocycles. The van der Waals surface area contributed by atoms with E-state index in [1.165, 1.54) is 0 Å². The Hall–Kier alpha value is -5.11. The number of ether oxygens (including phenoxy) is 1. The Morgan fingerprint density at radius 2 is 1.72 bits per heavy atom. The second-order valence-corrected chi connectivity index (χ2v) is 8.09. The number of nitrogens with zero attached hydrogens (tertiary/aromatic N) is 5. The van der Waals surface area contributed by atoms with Gasteiger partial charge in [0, 0.05) is 47.5 Å². The van der Waals surface area contributed by atoms with Gasteiger partial charge in [0.2, 0.25) is 0 Å². The smallest absolute Gasteiger partial charge is 0.180 e. The van der Waals surface area contributed by atoms with Gasteiger partial charge in [-0.15, -0.1) is 0 Å². The number of rotatable bonds is 6. The number of pyridine rings is 2. The molecule has 4 heterocycles. The average Bonchev–Trinajstić information content (AvgIpc) is 3.37. The van der Waals surface area contributed by atoms with E-state index in [1.807, 2.05) is 78.9 Å². The van der Waals surface area contributed by atoms with Gasteiger partial charge < -0.3 is 15.0 Å². The van der Waals surface area contributed by atoms with Crippen molar-refractivity contribution in [2.75, 3.05) is 12.4 Å². The standard InChI is InChI=1S/C28H21N7O/c1-36-21-10-11-22-25(15-21)34-27(32-22)18-6-4-8-20(14-18)31-26-16-24(19-7-5-12-29-17-19)33-28(35-26)23-9-2-3-13-30-23/h2-17H,1H3,(H,32,34)(H,31,33,35). The summed E-state index contributed by atoms with van der Waals surface area (Å²) in [6.45, 7) is 0. The molecular formula is C28H21N7O. The molecule has 0 atom stereocenters. The summed E-state index contributed by atoms with van der Waals surface area (Å²) in [5, 5.41) is 3.43. The molecule has 0 aliphatic heterocycles. The Labute approximate surface area is 207 Å². The second kappa shape index (κ2) is 9.27. The molecule has 0 saturated heterocycles. The Balaban J connectivity index is 1.37. The Morgan fingerprint density at radius 3 is 2.56 bits per heavy atom. The van der Waals surface area contributed by atoms with E-state index in [2.05, 4.69) is 20.3 Å². The van der Waals surface area contributed by atoms with Gasteiger partial charge in [-0.3, -0.25) is 9.97 Å². The molecule has 0 aliphatic rings. The average molecular weight is 472 g/mol. The van der Waals surface area contributed by atoms with Crippen LogP contribution in [-0.2, 0) is 0 Å². The van der Waals surface area contributed by atoms with Gasteiger partial charge in [-0.2, -0.15) is 0 Å². The minimum absolute atomic E-state index is 0.529. The maximum Gasteiger partial charge on any atom is 0.180 e. The van der Waals surface area contributed by atoms with Crippen LogP contribution < -0.4 is 10.1 Å². The van der Waals surface area contributed by atoms with Crippen molar-refractivity contribution < 1.29 is 4.74 Å². The Kier molecular flexibility index (Phi) is 5.51. The summed E-state index contributed by atoms with van der Waals surface area (Å²) in [7, 11) is 1.65. The van der Waals surface area contributed by atoms with Crippen molar-refractivity contribution in [2.24, 2.45) is 0 Å². The molecule has 0 aliphatic carbocycles. The molecular weight excluding hydrogens is 450 g/mol. The molecule has 174 valence electrons. The fourth-order valence-corrected chi connectivity index (χ4v) is 3.93. The lowest BCUT2D eigenvalue weighted by molar-refractivity contribution is 0.415. The maximum absolute atomic E-state index is 5.33. The molecule has 0 saturated carbocycles. The summed E-state index contributed by atoms with van der Waals surface area (Å²) < 4.78 is 5.33. The molecule has 0 radical (unpaired) electrons.